The molecule has 6 rings (SSSR count). The number of aldehydes is 1. The number of fused-ring (bicyclic) bond motifs is 1. The van der Waals surface area contributed by atoms with Gasteiger partial charge in [0.25, 0.3) is 0 Å². The van der Waals surface area contributed by atoms with E-state index in [0.717, 1.165) is 46.1 Å². The predicted molar refractivity (Wildman–Crippen MR) is 113 cm³/mol. The van der Waals surface area contributed by atoms with Gasteiger partial charge in [-0.15, -0.1) is 0 Å². The first kappa shape index (κ1) is 19.1. The second-order valence-corrected chi connectivity index (χ2v) is 9.43. The monoisotopic (exact) mass is 394 g/mol. The number of hydrogen-bond donors (Lipinski definition) is 0. The zero-order chi connectivity index (χ0) is 19.8. The van der Waals surface area contributed by atoms with Gasteiger partial charge in [-0.25, -0.2) is 0 Å². The molecular weight excluding hydrogens is 364 g/mol. The maximum atomic E-state index is 11.3. The average molecular weight is 395 g/mol. The molecule has 4 saturated carbocycles. The van der Waals surface area contributed by atoms with Crippen molar-refractivity contribution in [2.24, 2.45) is 17.8 Å². The van der Waals surface area contributed by atoms with Gasteiger partial charge in [0.2, 0.25) is 0 Å². The Morgan fingerprint density at radius 1 is 0.966 bits per heavy atom. The summed E-state index contributed by atoms with van der Waals surface area (Å²) in [6.07, 6.45) is 9.00. The molecule has 29 heavy (non-hydrogen) atoms. The molecule has 0 saturated heterocycles. The first-order valence-electron chi connectivity index (χ1n) is 10.9. The minimum Gasteiger partial charge on any atom is -0.467 e. The predicted octanol–water partition coefficient (Wildman–Crippen LogP) is 5.12. The lowest BCUT2D eigenvalue weighted by Crippen LogP contribution is -2.48. The quantitative estimate of drug-likeness (QED) is 0.354. The van der Waals surface area contributed by atoms with Gasteiger partial charge >= 0.3 is 0 Å². The highest BCUT2D eigenvalue weighted by Gasteiger charge is 2.52. The second kappa shape index (κ2) is 7.73. The zero-order valence-electron chi connectivity index (χ0n) is 17.2. The molecule has 154 valence electrons. The SMILES string of the molecule is COCCOCOc1cc2ccc(C=O)cc2cc1C12CC3CC(CC(C3)C1)C2. The molecule has 4 heteroatoms. The van der Waals surface area contributed by atoms with E-state index in [1.54, 1.807) is 7.11 Å². The van der Waals surface area contributed by atoms with Gasteiger partial charge in [0, 0.05) is 18.2 Å². The van der Waals surface area contributed by atoms with Gasteiger partial charge in [-0.05, 0) is 90.7 Å². The Labute approximate surface area is 172 Å². The molecule has 0 N–H and O–H groups in total. The minimum atomic E-state index is 0.224. The lowest BCUT2D eigenvalue weighted by Gasteiger charge is -2.57. The summed E-state index contributed by atoms with van der Waals surface area (Å²) >= 11 is 0. The van der Waals surface area contributed by atoms with E-state index in [1.165, 1.54) is 44.1 Å². The maximum absolute atomic E-state index is 11.3. The number of methoxy groups -OCH3 is 1. The van der Waals surface area contributed by atoms with Gasteiger partial charge in [0.1, 0.15) is 12.0 Å². The zero-order valence-corrected chi connectivity index (χ0v) is 17.2. The summed E-state index contributed by atoms with van der Waals surface area (Å²) in [5.41, 5.74) is 2.29. The number of rotatable bonds is 8. The van der Waals surface area contributed by atoms with Crippen LogP contribution >= 0.6 is 0 Å². The summed E-state index contributed by atoms with van der Waals surface area (Å²) in [5.74, 6) is 3.55. The van der Waals surface area contributed by atoms with Gasteiger partial charge in [-0.1, -0.05) is 12.1 Å². The highest BCUT2D eigenvalue weighted by molar-refractivity contribution is 5.90. The van der Waals surface area contributed by atoms with Crippen molar-refractivity contribution in [1.82, 2.24) is 0 Å². The van der Waals surface area contributed by atoms with E-state index < -0.39 is 0 Å². The Morgan fingerprint density at radius 3 is 2.34 bits per heavy atom. The molecule has 4 aliphatic carbocycles. The fourth-order valence-electron chi connectivity index (χ4n) is 6.65. The fourth-order valence-corrected chi connectivity index (χ4v) is 6.65. The van der Waals surface area contributed by atoms with Gasteiger partial charge < -0.3 is 14.2 Å². The molecule has 0 aliphatic heterocycles. The van der Waals surface area contributed by atoms with Gasteiger partial charge in [-0.3, -0.25) is 4.79 Å². The van der Waals surface area contributed by atoms with Crippen LogP contribution in [0.1, 0.15) is 54.4 Å². The van der Waals surface area contributed by atoms with E-state index in [2.05, 4.69) is 12.1 Å². The first-order valence-corrected chi connectivity index (χ1v) is 10.9. The number of hydrogen-bond acceptors (Lipinski definition) is 4. The Bertz CT molecular complexity index is 868. The van der Waals surface area contributed by atoms with Crippen LogP contribution in [-0.4, -0.2) is 33.4 Å². The summed E-state index contributed by atoms with van der Waals surface area (Å²) < 4.78 is 16.9. The van der Waals surface area contributed by atoms with Crippen molar-refractivity contribution in [2.45, 2.75) is 43.9 Å². The molecule has 2 aromatic rings. The highest BCUT2D eigenvalue weighted by Crippen LogP contribution is 2.62. The largest absolute Gasteiger partial charge is 0.467 e. The molecule has 0 radical (unpaired) electrons. The molecule has 0 unspecified atom stereocenters. The standard InChI is InChI=1S/C25H30O4/c1-27-4-5-28-16-29-24-11-21-3-2-17(15-26)9-22(21)10-23(24)25-12-18-6-19(13-25)8-20(7-18)14-25/h2-3,9-11,15,18-20H,4-8,12-14,16H2,1H3. The Balaban J connectivity index is 1.52. The average Bonchev–Trinajstić information content (AvgIpc) is 2.71. The summed E-state index contributed by atoms with van der Waals surface area (Å²) in [7, 11) is 1.67. The third-order valence-electron chi connectivity index (χ3n) is 7.44. The van der Waals surface area contributed by atoms with Crippen molar-refractivity contribution in [2.75, 3.05) is 27.1 Å². The molecular formula is C25H30O4. The molecule has 0 amide bonds. The maximum Gasteiger partial charge on any atom is 0.189 e. The third kappa shape index (κ3) is 3.57. The van der Waals surface area contributed by atoms with Crippen molar-refractivity contribution in [3.63, 3.8) is 0 Å². The number of benzene rings is 2. The molecule has 2 aromatic carbocycles. The highest BCUT2D eigenvalue weighted by atomic mass is 16.7. The van der Waals surface area contributed by atoms with Crippen LogP contribution in [0.3, 0.4) is 0 Å². The van der Waals surface area contributed by atoms with Crippen molar-refractivity contribution in [3.8, 4) is 5.75 Å². The third-order valence-corrected chi connectivity index (χ3v) is 7.44. The van der Waals surface area contributed by atoms with E-state index in [-0.39, 0.29) is 12.2 Å². The van der Waals surface area contributed by atoms with E-state index in [9.17, 15) is 4.79 Å². The summed E-state index contributed by atoms with van der Waals surface area (Å²) in [4.78, 5) is 11.3. The molecule has 4 fully saturated rings. The second-order valence-electron chi connectivity index (χ2n) is 9.43. The molecule has 4 bridgehead atoms. The lowest BCUT2D eigenvalue weighted by molar-refractivity contribution is -0.0188. The summed E-state index contributed by atoms with van der Waals surface area (Å²) in [6.45, 7) is 1.33. The van der Waals surface area contributed by atoms with Gasteiger partial charge in [0.05, 0.1) is 13.2 Å². The van der Waals surface area contributed by atoms with Crippen LogP contribution in [-0.2, 0) is 14.9 Å². The number of carbonyl (C=O) groups is 1. The molecule has 0 spiro atoms. The number of carbonyl (C=O) groups excluding carboxylic acids is 1. The topological polar surface area (TPSA) is 44.8 Å². The molecule has 4 nitrogen and oxygen atoms in total. The van der Waals surface area contributed by atoms with Crippen LogP contribution in [0.4, 0.5) is 0 Å². The van der Waals surface area contributed by atoms with E-state index >= 15 is 0 Å². The Hall–Kier alpha value is -1.91. The van der Waals surface area contributed by atoms with E-state index in [0.29, 0.717) is 13.2 Å². The van der Waals surface area contributed by atoms with Crippen LogP contribution in [0.25, 0.3) is 10.8 Å². The molecule has 4 aliphatic rings. The number of ether oxygens (including phenoxy) is 3. The van der Waals surface area contributed by atoms with Crippen LogP contribution in [0.5, 0.6) is 5.75 Å². The normalized spacial score (nSPS) is 30.0. The van der Waals surface area contributed by atoms with Crippen LogP contribution < -0.4 is 4.74 Å². The van der Waals surface area contributed by atoms with Gasteiger partial charge in [-0.2, -0.15) is 0 Å². The van der Waals surface area contributed by atoms with E-state index in [1.807, 2.05) is 18.2 Å². The Morgan fingerprint density at radius 2 is 1.69 bits per heavy atom. The lowest BCUT2D eigenvalue weighted by atomic mass is 9.48. The smallest absolute Gasteiger partial charge is 0.189 e. The fraction of sp³-hybridized carbons (Fsp3) is 0.560. The molecule has 0 heterocycles. The van der Waals surface area contributed by atoms with Gasteiger partial charge in [0.15, 0.2) is 6.79 Å². The van der Waals surface area contributed by atoms with Crippen molar-refractivity contribution >= 4 is 17.1 Å². The molecule has 0 atom stereocenters. The van der Waals surface area contributed by atoms with E-state index in [4.69, 9.17) is 14.2 Å². The van der Waals surface area contributed by atoms with Crippen LogP contribution in [0.2, 0.25) is 0 Å². The van der Waals surface area contributed by atoms with Crippen molar-refractivity contribution in [1.29, 1.82) is 0 Å². The van der Waals surface area contributed by atoms with Crippen LogP contribution in [0.15, 0.2) is 30.3 Å². The van der Waals surface area contributed by atoms with Crippen molar-refractivity contribution in [3.05, 3.63) is 41.5 Å². The van der Waals surface area contributed by atoms with Crippen molar-refractivity contribution < 1.29 is 19.0 Å². The van der Waals surface area contributed by atoms with Crippen LogP contribution in [0, 0.1) is 17.8 Å². The summed E-state index contributed by atoms with van der Waals surface area (Å²) in [6, 6.07) is 10.3. The Kier molecular flexibility index (Phi) is 5.09. The minimum absolute atomic E-state index is 0.224. The summed E-state index contributed by atoms with van der Waals surface area (Å²) in [5, 5.41) is 2.24. The first-order chi connectivity index (χ1) is 14.2. The molecule has 0 aromatic heterocycles.